The first-order valence-corrected chi connectivity index (χ1v) is 5.61. The van der Waals surface area contributed by atoms with E-state index in [1.54, 1.807) is 0 Å². The zero-order valence-electron chi connectivity index (χ0n) is 12.0. The standard InChI is InChI=1S/C6H3F9.C5H4F6/c1-2-3(7,8)4(9,10)5(11,12)6(13,14)15;1-3(5(9,10)11)2-4(6,7)8/h2H,1H2;2H,1H3/b;3-2+. The van der Waals surface area contributed by atoms with Crippen LogP contribution in [0.5, 0.6) is 0 Å². The Balaban J connectivity index is 0. The van der Waals surface area contributed by atoms with Gasteiger partial charge in [-0.05, 0) is 13.0 Å². The van der Waals surface area contributed by atoms with Gasteiger partial charge in [-0.1, -0.05) is 6.58 Å². The second-order valence-electron chi connectivity index (χ2n) is 4.34. The van der Waals surface area contributed by atoms with E-state index in [1.807, 2.05) is 0 Å². The third-order valence-corrected chi connectivity index (χ3v) is 2.25. The monoisotopic (exact) mass is 424 g/mol. The van der Waals surface area contributed by atoms with Gasteiger partial charge in [0.25, 0.3) is 0 Å². The van der Waals surface area contributed by atoms with Crippen molar-refractivity contribution in [2.45, 2.75) is 43.2 Å². The number of hydrogen-bond acceptors (Lipinski definition) is 0. The summed E-state index contributed by atoms with van der Waals surface area (Å²) in [6.45, 7) is 2.43. The van der Waals surface area contributed by atoms with Crippen molar-refractivity contribution in [1.29, 1.82) is 0 Å². The highest BCUT2D eigenvalue weighted by molar-refractivity contribution is 5.08. The molecule has 0 fully saturated rings. The largest absolute Gasteiger partial charge is 0.460 e. The summed E-state index contributed by atoms with van der Waals surface area (Å²) in [4.78, 5) is 0. The summed E-state index contributed by atoms with van der Waals surface area (Å²) in [5.41, 5.74) is -1.65. The van der Waals surface area contributed by atoms with Crippen molar-refractivity contribution in [1.82, 2.24) is 0 Å². The van der Waals surface area contributed by atoms with Crippen LogP contribution in [-0.4, -0.2) is 36.3 Å². The van der Waals surface area contributed by atoms with Crippen molar-refractivity contribution in [3.63, 3.8) is 0 Å². The number of halogens is 15. The summed E-state index contributed by atoms with van der Waals surface area (Å²) in [5.74, 6) is -19.1. The first-order chi connectivity index (χ1) is 10.9. The van der Waals surface area contributed by atoms with Gasteiger partial charge in [0.05, 0.1) is 0 Å². The van der Waals surface area contributed by atoms with Crippen molar-refractivity contribution >= 4 is 0 Å². The van der Waals surface area contributed by atoms with Crippen molar-refractivity contribution in [2.24, 2.45) is 0 Å². The Morgan fingerprint density at radius 3 is 1.15 bits per heavy atom. The van der Waals surface area contributed by atoms with Gasteiger partial charge in [0.1, 0.15) is 0 Å². The SMILES string of the molecule is C/C(=C\C(F)(F)F)C(F)(F)F.C=CC(F)(F)C(F)(F)C(F)(F)C(F)(F)F. The van der Waals surface area contributed by atoms with Crippen LogP contribution < -0.4 is 0 Å². The molecule has 0 aliphatic heterocycles. The maximum atomic E-state index is 12.2. The third-order valence-electron chi connectivity index (χ3n) is 2.25. The number of alkyl halides is 15. The second kappa shape index (κ2) is 7.58. The Labute approximate surface area is 134 Å². The molecule has 0 saturated heterocycles. The predicted octanol–water partition coefficient (Wildman–Crippen LogP) is 6.70. The molecule has 0 aromatic rings. The Morgan fingerprint density at radius 2 is 1.00 bits per heavy atom. The van der Waals surface area contributed by atoms with E-state index in [9.17, 15) is 65.9 Å². The molecule has 0 N–H and O–H groups in total. The maximum Gasteiger partial charge on any atom is 0.460 e. The van der Waals surface area contributed by atoms with Crippen LogP contribution in [0.4, 0.5) is 65.9 Å². The van der Waals surface area contributed by atoms with Gasteiger partial charge in [0.15, 0.2) is 0 Å². The Bertz CT molecular complexity index is 499. The van der Waals surface area contributed by atoms with E-state index in [0.717, 1.165) is 0 Å². The van der Waals surface area contributed by atoms with Gasteiger partial charge in [-0.2, -0.15) is 65.9 Å². The second-order valence-corrected chi connectivity index (χ2v) is 4.34. The molecule has 0 atom stereocenters. The van der Waals surface area contributed by atoms with E-state index in [1.165, 1.54) is 0 Å². The van der Waals surface area contributed by atoms with E-state index < -0.39 is 54.0 Å². The lowest BCUT2D eigenvalue weighted by molar-refractivity contribution is -0.388. The molecule has 0 radical (unpaired) electrons. The zero-order valence-corrected chi connectivity index (χ0v) is 12.0. The topological polar surface area (TPSA) is 0 Å². The maximum absolute atomic E-state index is 12.2. The molecular weight excluding hydrogens is 417 g/mol. The minimum Gasteiger partial charge on any atom is -0.195 e. The summed E-state index contributed by atoms with van der Waals surface area (Å²) in [5, 5.41) is 0. The molecule has 0 rings (SSSR count). The normalized spacial score (nSPS) is 15.3. The van der Waals surface area contributed by atoms with E-state index >= 15 is 0 Å². The van der Waals surface area contributed by atoms with Crippen molar-refractivity contribution < 1.29 is 65.9 Å². The number of hydrogen-bond donors (Lipinski definition) is 0. The lowest BCUT2D eigenvalue weighted by Crippen LogP contribution is -2.60. The fourth-order valence-corrected chi connectivity index (χ4v) is 0.843. The Hall–Kier alpha value is -1.57. The average Bonchev–Trinajstić information content (AvgIpc) is 2.34. The lowest BCUT2D eigenvalue weighted by atomic mass is 10.0. The van der Waals surface area contributed by atoms with Crippen LogP contribution in [0.25, 0.3) is 0 Å². The number of allylic oxidation sites excluding steroid dienone is 3. The van der Waals surface area contributed by atoms with E-state index in [0.29, 0.717) is 6.92 Å². The molecule has 0 bridgehead atoms. The molecular formula is C11H7F15. The molecule has 0 aromatic heterocycles. The summed E-state index contributed by atoms with van der Waals surface area (Å²) in [6, 6.07) is 0. The van der Waals surface area contributed by atoms with Crippen LogP contribution in [0, 0.1) is 0 Å². The molecule has 0 spiro atoms. The number of rotatable bonds is 3. The summed E-state index contributed by atoms with van der Waals surface area (Å²) in [7, 11) is 0. The molecule has 0 nitrogen and oxygen atoms in total. The molecule has 15 heteroatoms. The van der Waals surface area contributed by atoms with Gasteiger partial charge in [-0.15, -0.1) is 0 Å². The molecule has 0 saturated carbocycles. The Morgan fingerprint density at radius 1 is 0.654 bits per heavy atom. The summed E-state index contributed by atoms with van der Waals surface area (Å²) >= 11 is 0. The quantitative estimate of drug-likeness (QED) is 0.350. The lowest BCUT2D eigenvalue weighted by Gasteiger charge is -2.31. The van der Waals surface area contributed by atoms with Gasteiger partial charge >= 0.3 is 36.3 Å². The van der Waals surface area contributed by atoms with E-state index in [-0.39, 0.29) is 0 Å². The minimum absolute atomic E-state index is 0.369. The van der Waals surface area contributed by atoms with Crippen molar-refractivity contribution in [3.8, 4) is 0 Å². The Kier molecular flexibility index (Phi) is 7.77. The van der Waals surface area contributed by atoms with Crippen LogP contribution in [0.2, 0.25) is 0 Å². The average molecular weight is 424 g/mol. The molecule has 0 unspecified atom stereocenters. The molecule has 26 heavy (non-hydrogen) atoms. The van der Waals surface area contributed by atoms with Crippen LogP contribution in [0.3, 0.4) is 0 Å². The zero-order chi connectivity index (χ0) is 22.0. The molecule has 156 valence electrons. The van der Waals surface area contributed by atoms with Crippen LogP contribution in [0.15, 0.2) is 24.3 Å². The van der Waals surface area contributed by atoms with Gasteiger partial charge in [0, 0.05) is 11.6 Å². The highest BCUT2D eigenvalue weighted by Crippen LogP contribution is 2.53. The molecule has 0 amide bonds. The first-order valence-electron chi connectivity index (χ1n) is 5.61. The molecule has 0 aliphatic carbocycles. The van der Waals surface area contributed by atoms with Gasteiger partial charge in [0.2, 0.25) is 0 Å². The van der Waals surface area contributed by atoms with Gasteiger partial charge in [-0.3, -0.25) is 0 Å². The predicted molar refractivity (Wildman–Crippen MR) is 57.0 cm³/mol. The van der Waals surface area contributed by atoms with Crippen LogP contribution in [-0.2, 0) is 0 Å². The third kappa shape index (κ3) is 6.63. The fourth-order valence-electron chi connectivity index (χ4n) is 0.843. The van der Waals surface area contributed by atoms with Gasteiger partial charge in [-0.25, -0.2) is 0 Å². The molecule has 0 heterocycles. The fraction of sp³-hybridized carbons (Fsp3) is 0.636. The van der Waals surface area contributed by atoms with Crippen molar-refractivity contribution in [2.75, 3.05) is 0 Å². The van der Waals surface area contributed by atoms with Crippen LogP contribution in [0.1, 0.15) is 6.92 Å². The summed E-state index contributed by atoms with van der Waals surface area (Å²) < 4.78 is 175. The van der Waals surface area contributed by atoms with Crippen LogP contribution >= 0.6 is 0 Å². The first kappa shape index (κ1) is 26.7. The highest BCUT2D eigenvalue weighted by atomic mass is 19.4. The van der Waals surface area contributed by atoms with Crippen molar-refractivity contribution in [3.05, 3.63) is 24.3 Å². The van der Waals surface area contributed by atoms with Gasteiger partial charge < -0.3 is 0 Å². The van der Waals surface area contributed by atoms with E-state index in [2.05, 4.69) is 6.58 Å². The molecule has 0 aromatic carbocycles. The highest BCUT2D eigenvalue weighted by Gasteiger charge is 2.80. The molecule has 0 aliphatic rings. The summed E-state index contributed by atoms with van der Waals surface area (Å²) in [6.07, 6.45) is -18.3. The van der Waals surface area contributed by atoms with E-state index in [4.69, 9.17) is 0 Å². The smallest absolute Gasteiger partial charge is 0.195 e. The minimum atomic E-state index is -6.84.